The van der Waals surface area contributed by atoms with Crippen LogP contribution in [0.15, 0.2) is 150 Å². The number of rotatable bonds is 4. The van der Waals surface area contributed by atoms with Gasteiger partial charge in [0, 0.05) is 26.7 Å². The van der Waals surface area contributed by atoms with Gasteiger partial charge in [-0.25, -0.2) is 0 Å². The number of para-hydroxylation sites is 4. The third-order valence-corrected chi connectivity index (χ3v) is 17.3. The molecule has 0 atom stereocenters. The predicted molar refractivity (Wildman–Crippen MR) is 302 cm³/mol. The lowest BCUT2D eigenvalue weighted by atomic mass is 9.49. The van der Waals surface area contributed by atoms with Crippen molar-refractivity contribution in [1.29, 1.82) is 0 Å². The molecule has 3 saturated heterocycles. The molecule has 12 heteroatoms. The minimum absolute atomic E-state index is 0.00427. The second-order valence-electron chi connectivity index (χ2n) is 23.9. The highest BCUT2D eigenvalue weighted by atomic mass is 79.9. The Bertz CT molecular complexity index is 2810. The van der Waals surface area contributed by atoms with Crippen LogP contribution >= 0.6 is 15.9 Å². The Morgan fingerprint density at radius 3 is 0.958 bits per heavy atom. The van der Waals surface area contributed by atoms with Crippen LogP contribution < -0.4 is 15.3 Å². The number of hydrogen-bond acceptors (Lipinski definition) is 8. The fourth-order valence-electron chi connectivity index (χ4n) is 10.3. The molecule has 0 bridgehead atoms. The molecule has 0 unspecified atom stereocenters. The first-order chi connectivity index (χ1) is 33.6. The summed E-state index contributed by atoms with van der Waals surface area (Å²) in [4.78, 5) is 4.73. The van der Waals surface area contributed by atoms with Crippen molar-refractivity contribution in [3.8, 4) is 0 Å². The maximum absolute atomic E-state index is 6.32. The number of hydrogen-bond donors (Lipinski definition) is 0. The zero-order valence-electron chi connectivity index (χ0n) is 45.3. The summed E-state index contributed by atoms with van der Waals surface area (Å²) in [7, 11) is -1.33. The first-order valence-electron chi connectivity index (χ1n) is 25.5. The van der Waals surface area contributed by atoms with Crippen LogP contribution in [-0.4, -0.2) is 54.7 Å². The average Bonchev–Trinajstić information content (AvgIpc) is 3.79. The lowest BCUT2D eigenvalue weighted by Gasteiger charge is -2.42. The van der Waals surface area contributed by atoms with Gasteiger partial charge in [0.25, 0.3) is 0 Å². The van der Waals surface area contributed by atoms with E-state index in [9.17, 15) is 0 Å². The zero-order valence-corrected chi connectivity index (χ0v) is 46.9. The largest absolute Gasteiger partial charge is 0.494 e. The van der Waals surface area contributed by atoms with E-state index in [0.29, 0.717) is 0 Å². The molecule has 0 N–H and O–H groups in total. The highest BCUT2D eigenvalue weighted by Gasteiger charge is 2.64. The van der Waals surface area contributed by atoms with Gasteiger partial charge < -0.3 is 37.7 Å². The fourth-order valence-corrected chi connectivity index (χ4v) is 10.7. The first kappa shape index (κ1) is 52.2. The van der Waals surface area contributed by atoms with Gasteiger partial charge in [-0.15, -0.1) is 0 Å². The summed E-state index contributed by atoms with van der Waals surface area (Å²) in [5.41, 5.74) is 11.4. The second-order valence-corrected chi connectivity index (χ2v) is 24.8. The minimum atomic E-state index is -0.476. The summed E-state index contributed by atoms with van der Waals surface area (Å²) >= 11 is 3.60. The van der Waals surface area contributed by atoms with Gasteiger partial charge in [-0.2, -0.15) is 0 Å². The number of nitrogens with zero attached hydrogens (tertiary/aromatic N) is 2. The molecule has 6 aromatic rings. The lowest BCUT2D eigenvalue weighted by molar-refractivity contribution is 0.00578. The zero-order chi connectivity index (χ0) is 52.0. The molecule has 0 amide bonds. The highest BCUT2D eigenvalue weighted by molar-refractivity contribution is 9.10. The Morgan fingerprint density at radius 1 is 0.333 bits per heavy atom. The highest BCUT2D eigenvalue weighted by Crippen LogP contribution is 2.53. The van der Waals surface area contributed by atoms with Crippen molar-refractivity contribution in [1.82, 2.24) is 0 Å². The Hall–Kier alpha value is -4.65. The van der Waals surface area contributed by atoms with E-state index in [1.807, 2.05) is 55.4 Å². The van der Waals surface area contributed by atoms with Crippen LogP contribution in [0.1, 0.15) is 133 Å². The SMILES string of the molecule is CC1(C)OB(B2OC(C)(C)C(C)(C)O2)OC1(C)C.CC1(C)c2ccccc2N(c2cccc(B3OC(C)(C)C(C)(C)O3)c2)c2ccccc21.CC1(C)c2ccccc2N(c2cccc(Br)c2)c2ccccc21. The molecule has 5 aliphatic rings. The van der Waals surface area contributed by atoms with Crippen molar-refractivity contribution in [2.24, 2.45) is 0 Å². The number of halogens is 1. The molecule has 11 rings (SSSR count). The minimum Gasteiger partial charge on any atom is -0.405 e. The van der Waals surface area contributed by atoms with E-state index in [1.54, 1.807) is 0 Å². The smallest absolute Gasteiger partial charge is 0.405 e. The van der Waals surface area contributed by atoms with Gasteiger partial charge in [-0.05, 0) is 165 Å². The summed E-state index contributed by atoms with van der Waals surface area (Å²) in [6.45, 7) is 33.8. The third-order valence-electron chi connectivity index (χ3n) is 16.8. The monoisotopic (exact) mass is 1030 g/mol. The predicted octanol–water partition coefficient (Wildman–Crippen LogP) is 14.9. The molecule has 72 heavy (non-hydrogen) atoms. The molecule has 8 nitrogen and oxygen atoms in total. The van der Waals surface area contributed by atoms with Crippen molar-refractivity contribution < 1.29 is 27.9 Å². The van der Waals surface area contributed by atoms with Gasteiger partial charge in [0.05, 0.1) is 56.4 Å². The van der Waals surface area contributed by atoms with Gasteiger partial charge in [0.2, 0.25) is 0 Å². The molecule has 6 aromatic carbocycles. The van der Waals surface area contributed by atoms with Crippen LogP contribution in [0.4, 0.5) is 34.1 Å². The van der Waals surface area contributed by atoms with Crippen molar-refractivity contribution in [2.45, 2.75) is 155 Å². The molecule has 3 fully saturated rings. The van der Waals surface area contributed by atoms with Crippen molar-refractivity contribution in [2.75, 3.05) is 9.80 Å². The fraction of sp³-hybridized carbons (Fsp3) is 0.400. The molecule has 5 aliphatic heterocycles. The molecule has 0 saturated carbocycles. The molecule has 0 aliphatic carbocycles. The summed E-state index contributed by atoms with van der Waals surface area (Å²) in [5.74, 6) is 0. The van der Waals surface area contributed by atoms with E-state index in [-0.39, 0.29) is 51.6 Å². The first-order valence-corrected chi connectivity index (χ1v) is 26.3. The molecule has 5 heterocycles. The van der Waals surface area contributed by atoms with Gasteiger partial charge >= 0.3 is 21.1 Å². The Kier molecular flexibility index (Phi) is 13.3. The standard InChI is InChI=1S/C27H30BNO2.C21H18BrN.C12H24B2O4/c1-25(2)21-14-7-9-16-23(21)29(24-17-10-8-15-22(24)25)20-13-11-12-19(18-20)28-30-26(3,4)27(5,6)31-28;1-21(2)17-10-3-5-12-19(17)23(16-9-7-8-15(22)14-16)20-13-6-4-11-18(20)21;1-9(2)10(3,4)16-13(15-9)14-17-11(5,6)12(7,8)18-14/h7-18H,1-6H3;3-14H,1-2H3;1-8H3. The number of anilines is 6. The van der Waals surface area contributed by atoms with E-state index in [1.165, 1.54) is 50.7 Å². The van der Waals surface area contributed by atoms with Crippen LogP contribution in [0.25, 0.3) is 0 Å². The van der Waals surface area contributed by atoms with Gasteiger partial charge in [0.1, 0.15) is 0 Å². The number of fused-ring (bicyclic) bond motifs is 4. The van der Waals surface area contributed by atoms with Crippen LogP contribution in [0.3, 0.4) is 0 Å². The van der Waals surface area contributed by atoms with Crippen LogP contribution in [0, 0.1) is 0 Å². The molecule has 374 valence electrons. The molecule has 0 spiro atoms. The molecule has 0 radical (unpaired) electrons. The van der Waals surface area contributed by atoms with E-state index in [4.69, 9.17) is 27.9 Å². The van der Waals surface area contributed by atoms with Crippen LogP contribution in [0.5, 0.6) is 0 Å². The van der Waals surface area contributed by atoms with E-state index in [0.717, 1.165) is 15.6 Å². The average molecular weight is 1030 g/mol. The Morgan fingerprint density at radius 2 is 0.625 bits per heavy atom. The lowest BCUT2D eigenvalue weighted by Crippen LogP contribution is -2.41. The summed E-state index contributed by atoms with van der Waals surface area (Å²) < 4.78 is 37.6. The Labute approximate surface area is 439 Å². The van der Waals surface area contributed by atoms with E-state index < -0.39 is 14.0 Å². The van der Waals surface area contributed by atoms with Gasteiger partial charge in [-0.1, -0.05) is 135 Å². The van der Waals surface area contributed by atoms with Crippen LogP contribution in [0.2, 0.25) is 0 Å². The molecular weight excluding hydrogens is 957 g/mol. The van der Waals surface area contributed by atoms with Gasteiger partial charge in [-0.3, -0.25) is 0 Å². The summed E-state index contributed by atoms with van der Waals surface area (Å²) in [5, 5.41) is 0. The van der Waals surface area contributed by atoms with Crippen molar-refractivity contribution in [3.05, 3.63) is 172 Å². The van der Waals surface area contributed by atoms with Gasteiger partial charge in [0.15, 0.2) is 0 Å². The van der Waals surface area contributed by atoms with Crippen molar-refractivity contribution in [3.63, 3.8) is 0 Å². The topological polar surface area (TPSA) is 61.9 Å². The maximum atomic E-state index is 6.32. The second kappa shape index (κ2) is 18.3. The van der Waals surface area contributed by atoms with E-state index >= 15 is 0 Å². The number of benzene rings is 6. The third kappa shape index (κ3) is 9.11. The Balaban J connectivity index is 0.000000139. The maximum Gasteiger partial charge on any atom is 0.494 e. The summed E-state index contributed by atoms with van der Waals surface area (Å²) in [6, 6.07) is 51.9. The molecular formula is C60H72B3BrN2O6. The molecule has 0 aromatic heterocycles. The van der Waals surface area contributed by atoms with E-state index in [2.05, 4.69) is 227 Å². The quantitative estimate of drug-likeness (QED) is 0.162. The summed E-state index contributed by atoms with van der Waals surface area (Å²) in [6.07, 6.45) is 0. The van der Waals surface area contributed by atoms with Crippen molar-refractivity contribution >= 4 is 76.7 Å². The van der Waals surface area contributed by atoms with Crippen LogP contribution in [-0.2, 0) is 38.8 Å². The normalized spacial score (nSPS) is 21.5.